The van der Waals surface area contributed by atoms with Crippen molar-refractivity contribution in [2.75, 3.05) is 26.8 Å². The number of carbonyl (C=O) groups excluding carboxylic acids is 1. The van der Waals surface area contributed by atoms with Crippen molar-refractivity contribution in [1.29, 1.82) is 0 Å². The van der Waals surface area contributed by atoms with Crippen molar-refractivity contribution in [3.8, 4) is 0 Å². The predicted molar refractivity (Wildman–Crippen MR) is 62.8 cm³/mol. The Hall–Kier alpha value is -1.39. The number of primary amides is 1. The summed E-state index contributed by atoms with van der Waals surface area (Å²) in [6.07, 6.45) is 0. The highest BCUT2D eigenvalue weighted by Crippen LogP contribution is 2.03. The molecule has 2 N–H and O–H groups in total. The maximum atomic E-state index is 10.9. The van der Waals surface area contributed by atoms with Crippen molar-refractivity contribution in [1.82, 2.24) is 4.90 Å². The molecule has 0 aliphatic carbocycles. The minimum Gasteiger partial charge on any atom is -0.383 e. The van der Waals surface area contributed by atoms with Crippen LogP contribution in [-0.2, 0) is 16.1 Å². The average molecular weight is 222 g/mol. The molecule has 1 rings (SSSR count). The van der Waals surface area contributed by atoms with Gasteiger partial charge in [-0.3, -0.25) is 9.69 Å². The zero-order valence-electron chi connectivity index (χ0n) is 9.56. The molecular weight excluding hydrogens is 204 g/mol. The molecule has 16 heavy (non-hydrogen) atoms. The first-order chi connectivity index (χ1) is 7.72. The van der Waals surface area contributed by atoms with Crippen molar-refractivity contribution >= 4 is 5.91 Å². The second kappa shape index (κ2) is 6.98. The van der Waals surface area contributed by atoms with E-state index in [-0.39, 0.29) is 12.5 Å². The highest BCUT2D eigenvalue weighted by Gasteiger charge is 2.08. The third-order valence-corrected chi connectivity index (χ3v) is 2.24. The Morgan fingerprint density at radius 1 is 1.38 bits per heavy atom. The lowest BCUT2D eigenvalue weighted by molar-refractivity contribution is -0.119. The normalized spacial score (nSPS) is 10.6. The lowest BCUT2D eigenvalue weighted by atomic mass is 10.2. The number of nitrogens with two attached hydrogens (primary N) is 1. The van der Waals surface area contributed by atoms with Gasteiger partial charge in [0.15, 0.2) is 0 Å². The Morgan fingerprint density at radius 3 is 2.62 bits per heavy atom. The summed E-state index contributed by atoms with van der Waals surface area (Å²) in [5, 5.41) is 0. The van der Waals surface area contributed by atoms with E-state index >= 15 is 0 Å². The van der Waals surface area contributed by atoms with Crippen molar-refractivity contribution in [3.63, 3.8) is 0 Å². The number of hydrogen-bond acceptors (Lipinski definition) is 3. The van der Waals surface area contributed by atoms with E-state index < -0.39 is 0 Å². The third kappa shape index (κ3) is 4.91. The Bertz CT molecular complexity index is 314. The molecule has 0 saturated carbocycles. The number of rotatable bonds is 7. The summed E-state index contributed by atoms with van der Waals surface area (Å²) in [6, 6.07) is 9.99. The van der Waals surface area contributed by atoms with E-state index in [0.29, 0.717) is 19.7 Å². The molecule has 0 aliphatic rings. The van der Waals surface area contributed by atoms with Crippen LogP contribution in [0.5, 0.6) is 0 Å². The fourth-order valence-electron chi connectivity index (χ4n) is 1.50. The van der Waals surface area contributed by atoms with Crippen LogP contribution in [0.4, 0.5) is 0 Å². The van der Waals surface area contributed by atoms with Crippen LogP contribution in [0.15, 0.2) is 30.3 Å². The number of amides is 1. The van der Waals surface area contributed by atoms with E-state index in [1.807, 2.05) is 35.2 Å². The summed E-state index contributed by atoms with van der Waals surface area (Å²) in [7, 11) is 1.64. The number of hydrogen-bond donors (Lipinski definition) is 1. The monoisotopic (exact) mass is 222 g/mol. The molecule has 0 fully saturated rings. The van der Waals surface area contributed by atoms with Gasteiger partial charge in [0.05, 0.1) is 13.2 Å². The quantitative estimate of drug-likeness (QED) is 0.736. The van der Waals surface area contributed by atoms with Crippen LogP contribution < -0.4 is 5.73 Å². The van der Waals surface area contributed by atoms with E-state index in [2.05, 4.69) is 0 Å². The molecule has 88 valence electrons. The Morgan fingerprint density at radius 2 is 2.06 bits per heavy atom. The van der Waals surface area contributed by atoms with E-state index in [1.54, 1.807) is 7.11 Å². The van der Waals surface area contributed by atoms with E-state index in [9.17, 15) is 4.79 Å². The van der Waals surface area contributed by atoms with Crippen molar-refractivity contribution in [2.45, 2.75) is 6.54 Å². The number of benzene rings is 1. The minimum atomic E-state index is -0.313. The highest BCUT2D eigenvalue weighted by atomic mass is 16.5. The van der Waals surface area contributed by atoms with E-state index in [0.717, 1.165) is 0 Å². The van der Waals surface area contributed by atoms with Crippen molar-refractivity contribution in [3.05, 3.63) is 35.9 Å². The van der Waals surface area contributed by atoms with Gasteiger partial charge in [-0.05, 0) is 5.56 Å². The molecule has 0 aromatic heterocycles. The molecule has 1 amide bonds. The molecular formula is C12H18N2O2. The largest absolute Gasteiger partial charge is 0.383 e. The topological polar surface area (TPSA) is 55.6 Å². The van der Waals surface area contributed by atoms with Crippen LogP contribution in [-0.4, -0.2) is 37.6 Å². The summed E-state index contributed by atoms with van der Waals surface area (Å²) in [6.45, 7) is 2.28. The van der Waals surface area contributed by atoms with Gasteiger partial charge in [-0.15, -0.1) is 0 Å². The summed E-state index contributed by atoms with van der Waals surface area (Å²) >= 11 is 0. The van der Waals surface area contributed by atoms with E-state index in [4.69, 9.17) is 10.5 Å². The molecule has 0 spiro atoms. The lowest BCUT2D eigenvalue weighted by Crippen LogP contribution is -2.35. The Balaban J connectivity index is 2.52. The smallest absolute Gasteiger partial charge is 0.231 e. The average Bonchev–Trinajstić information content (AvgIpc) is 2.26. The minimum absolute atomic E-state index is 0.262. The first-order valence-corrected chi connectivity index (χ1v) is 5.26. The molecule has 4 nitrogen and oxygen atoms in total. The SMILES string of the molecule is COCCN(CC(N)=O)Cc1ccccc1. The van der Waals surface area contributed by atoms with Crippen LogP contribution >= 0.6 is 0 Å². The van der Waals surface area contributed by atoms with Gasteiger partial charge < -0.3 is 10.5 Å². The lowest BCUT2D eigenvalue weighted by Gasteiger charge is -2.20. The maximum Gasteiger partial charge on any atom is 0.231 e. The van der Waals surface area contributed by atoms with Gasteiger partial charge in [0, 0.05) is 20.2 Å². The molecule has 4 heteroatoms. The van der Waals surface area contributed by atoms with Gasteiger partial charge in [-0.2, -0.15) is 0 Å². The number of nitrogens with zero attached hydrogens (tertiary/aromatic N) is 1. The second-order valence-electron chi connectivity index (χ2n) is 3.66. The molecule has 1 aromatic rings. The highest BCUT2D eigenvalue weighted by molar-refractivity contribution is 5.75. The van der Waals surface area contributed by atoms with E-state index in [1.165, 1.54) is 5.56 Å². The maximum absolute atomic E-state index is 10.9. The summed E-state index contributed by atoms with van der Waals surface area (Å²) < 4.78 is 5.00. The first kappa shape index (κ1) is 12.7. The van der Waals surface area contributed by atoms with Gasteiger partial charge in [0.1, 0.15) is 0 Å². The molecule has 0 atom stereocenters. The molecule has 0 aliphatic heterocycles. The standard InChI is InChI=1S/C12H18N2O2/c1-16-8-7-14(10-12(13)15)9-11-5-3-2-4-6-11/h2-6H,7-10H2,1H3,(H2,13,15). The fraction of sp³-hybridized carbons (Fsp3) is 0.417. The zero-order valence-corrected chi connectivity index (χ0v) is 9.56. The molecule has 0 heterocycles. The van der Waals surface area contributed by atoms with Gasteiger partial charge in [0.2, 0.25) is 5.91 Å². The second-order valence-corrected chi connectivity index (χ2v) is 3.66. The molecule has 0 unspecified atom stereocenters. The Kier molecular flexibility index (Phi) is 5.53. The molecule has 0 saturated heterocycles. The summed E-state index contributed by atoms with van der Waals surface area (Å²) in [5.74, 6) is -0.313. The van der Waals surface area contributed by atoms with Crippen molar-refractivity contribution in [2.24, 2.45) is 5.73 Å². The van der Waals surface area contributed by atoms with Gasteiger partial charge in [-0.25, -0.2) is 0 Å². The summed E-state index contributed by atoms with van der Waals surface area (Å²) in [4.78, 5) is 12.9. The Labute approximate surface area is 96.0 Å². The molecule has 0 radical (unpaired) electrons. The van der Waals surface area contributed by atoms with Crippen LogP contribution in [0.25, 0.3) is 0 Å². The molecule has 0 bridgehead atoms. The number of methoxy groups -OCH3 is 1. The fourth-order valence-corrected chi connectivity index (χ4v) is 1.50. The first-order valence-electron chi connectivity index (χ1n) is 5.26. The van der Waals surface area contributed by atoms with Gasteiger partial charge in [0.25, 0.3) is 0 Å². The summed E-state index contributed by atoms with van der Waals surface area (Å²) in [5.41, 5.74) is 6.36. The van der Waals surface area contributed by atoms with Crippen LogP contribution in [0.1, 0.15) is 5.56 Å². The van der Waals surface area contributed by atoms with Crippen LogP contribution in [0.3, 0.4) is 0 Å². The van der Waals surface area contributed by atoms with Crippen molar-refractivity contribution < 1.29 is 9.53 Å². The van der Waals surface area contributed by atoms with Crippen LogP contribution in [0, 0.1) is 0 Å². The third-order valence-electron chi connectivity index (χ3n) is 2.24. The zero-order chi connectivity index (χ0) is 11.8. The number of ether oxygens (including phenoxy) is 1. The number of carbonyl (C=O) groups is 1. The van der Waals surface area contributed by atoms with Gasteiger partial charge in [-0.1, -0.05) is 30.3 Å². The van der Waals surface area contributed by atoms with Crippen LogP contribution in [0.2, 0.25) is 0 Å². The molecule has 1 aromatic carbocycles. The predicted octanol–water partition coefficient (Wildman–Crippen LogP) is 0.620. The van der Waals surface area contributed by atoms with Gasteiger partial charge >= 0.3 is 0 Å².